The number of nitrogens with zero attached hydrogens (tertiary/aromatic N) is 3. The van der Waals surface area contributed by atoms with Crippen LogP contribution in [0, 0.1) is 17.2 Å². The van der Waals surface area contributed by atoms with Gasteiger partial charge in [0.15, 0.2) is 0 Å². The monoisotopic (exact) mass is 269 g/mol. The molecule has 0 aromatic heterocycles. The van der Waals surface area contributed by atoms with Gasteiger partial charge in [-0.15, -0.1) is 0 Å². The van der Waals surface area contributed by atoms with Gasteiger partial charge in [0.2, 0.25) is 0 Å². The molecule has 1 aliphatic heterocycles. The molecule has 20 heavy (non-hydrogen) atoms. The van der Waals surface area contributed by atoms with Crippen molar-refractivity contribution in [2.45, 2.75) is 6.92 Å². The van der Waals surface area contributed by atoms with Crippen molar-refractivity contribution in [1.29, 1.82) is 5.26 Å². The number of nitriles is 1. The molecule has 0 aliphatic carbocycles. The molecule has 0 N–H and O–H groups in total. The molecule has 3 nitrogen and oxygen atoms in total. The highest BCUT2D eigenvalue weighted by Crippen LogP contribution is 2.06. The summed E-state index contributed by atoms with van der Waals surface area (Å²) in [5.74, 6) is 0.138. The van der Waals surface area contributed by atoms with Crippen molar-refractivity contribution in [3.8, 4) is 6.07 Å². The Morgan fingerprint density at radius 1 is 1.15 bits per heavy atom. The minimum absolute atomic E-state index is 0.138. The van der Waals surface area contributed by atoms with E-state index in [1.54, 1.807) is 0 Å². The van der Waals surface area contributed by atoms with Crippen LogP contribution in [0.15, 0.2) is 36.4 Å². The molecule has 0 bridgehead atoms. The second-order valence-electron chi connectivity index (χ2n) is 5.44. The van der Waals surface area contributed by atoms with Crippen molar-refractivity contribution in [2.24, 2.45) is 5.92 Å². The lowest BCUT2D eigenvalue weighted by molar-refractivity contribution is 0.135. The van der Waals surface area contributed by atoms with E-state index in [1.165, 1.54) is 5.56 Å². The Hall–Kier alpha value is -1.63. The summed E-state index contributed by atoms with van der Waals surface area (Å²) in [4.78, 5) is 4.86. The van der Waals surface area contributed by atoms with Crippen LogP contribution in [0.3, 0.4) is 0 Å². The van der Waals surface area contributed by atoms with E-state index in [4.69, 9.17) is 5.26 Å². The van der Waals surface area contributed by atoms with Crippen LogP contribution in [0.5, 0.6) is 0 Å². The quantitative estimate of drug-likeness (QED) is 0.822. The van der Waals surface area contributed by atoms with Crippen LogP contribution in [0.25, 0.3) is 6.08 Å². The summed E-state index contributed by atoms with van der Waals surface area (Å²) in [6.07, 6.45) is 4.42. The maximum atomic E-state index is 8.85. The molecule has 0 saturated carbocycles. The highest BCUT2D eigenvalue weighted by molar-refractivity contribution is 5.48. The Labute approximate surface area is 122 Å². The van der Waals surface area contributed by atoms with Gasteiger partial charge in [0.25, 0.3) is 0 Å². The van der Waals surface area contributed by atoms with Gasteiger partial charge in [-0.3, -0.25) is 9.80 Å². The topological polar surface area (TPSA) is 30.3 Å². The van der Waals surface area contributed by atoms with Crippen LogP contribution in [-0.2, 0) is 0 Å². The standard InChI is InChI=1S/C17H23N3/c1-16(14-18)15-20-12-10-19(11-13-20)9-5-8-17-6-3-2-4-7-17/h2-8,16H,9-13,15H2,1H3/b8-5+. The van der Waals surface area contributed by atoms with Gasteiger partial charge < -0.3 is 0 Å². The van der Waals surface area contributed by atoms with Gasteiger partial charge in [-0.25, -0.2) is 0 Å². The third-order valence-corrected chi connectivity index (χ3v) is 3.69. The maximum Gasteiger partial charge on any atom is 0.0666 e. The first-order chi connectivity index (χ1) is 9.78. The molecule has 0 spiro atoms. The van der Waals surface area contributed by atoms with E-state index in [-0.39, 0.29) is 5.92 Å². The van der Waals surface area contributed by atoms with E-state index in [0.717, 1.165) is 39.3 Å². The molecule has 1 heterocycles. The minimum Gasteiger partial charge on any atom is -0.300 e. The first kappa shape index (κ1) is 14.8. The fraction of sp³-hybridized carbons (Fsp3) is 0.471. The molecule has 1 saturated heterocycles. The Kier molecular flexibility index (Phi) is 5.79. The number of hydrogen-bond donors (Lipinski definition) is 0. The zero-order chi connectivity index (χ0) is 14.2. The summed E-state index contributed by atoms with van der Waals surface area (Å²) in [5, 5.41) is 8.85. The normalized spacial score (nSPS) is 19.0. The van der Waals surface area contributed by atoms with Crippen LogP contribution in [0.1, 0.15) is 12.5 Å². The molecular formula is C17H23N3. The summed E-state index contributed by atoms with van der Waals surface area (Å²) < 4.78 is 0. The predicted octanol–water partition coefficient (Wildman–Crippen LogP) is 2.48. The molecule has 1 aromatic carbocycles. The van der Waals surface area contributed by atoms with Gasteiger partial charge in [0.1, 0.15) is 0 Å². The van der Waals surface area contributed by atoms with Crippen LogP contribution < -0.4 is 0 Å². The van der Waals surface area contributed by atoms with Crippen molar-refractivity contribution in [1.82, 2.24) is 9.80 Å². The van der Waals surface area contributed by atoms with E-state index < -0.39 is 0 Å². The summed E-state index contributed by atoms with van der Waals surface area (Å²) in [6, 6.07) is 12.7. The van der Waals surface area contributed by atoms with Gasteiger partial charge in [-0.05, 0) is 12.5 Å². The lowest BCUT2D eigenvalue weighted by Crippen LogP contribution is -2.47. The molecule has 1 unspecified atom stereocenters. The van der Waals surface area contributed by atoms with Crippen molar-refractivity contribution in [3.05, 3.63) is 42.0 Å². The largest absolute Gasteiger partial charge is 0.300 e. The first-order valence-electron chi connectivity index (χ1n) is 7.34. The third-order valence-electron chi connectivity index (χ3n) is 3.69. The van der Waals surface area contributed by atoms with Crippen molar-refractivity contribution in [3.63, 3.8) is 0 Å². The van der Waals surface area contributed by atoms with Crippen molar-refractivity contribution < 1.29 is 0 Å². The molecule has 1 fully saturated rings. The highest BCUT2D eigenvalue weighted by Gasteiger charge is 2.17. The molecule has 3 heteroatoms. The van der Waals surface area contributed by atoms with Gasteiger partial charge in [0, 0.05) is 39.3 Å². The Bertz CT molecular complexity index is 453. The molecule has 1 atom stereocenters. The summed E-state index contributed by atoms with van der Waals surface area (Å²) >= 11 is 0. The molecule has 1 aliphatic rings. The molecule has 0 amide bonds. The first-order valence-corrected chi connectivity index (χ1v) is 7.34. The number of piperazine rings is 1. The number of hydrogen-bond acceptors (Lipinski definition) is 3. The predicted molar refractivity (Wildman–Crippen MR) is 83.1 cm³/mol. The Morgan fingerprint density at radius 3 is 2.45 bits per heavy atom. The number of rotatable bonds is 5. The van der Waals surface area contributed by atoms with Crippen LogP contribution in [-0.4, -0.2) is 49.1 Å². The highest BCUT2D eigenvalue weighted by atomic mass is 15.3. The van der Waals surface area contributed by atoms with E-state index in [9.17, 15) is 0 Å². The average Bonchev–Trinajstić information content (AvgIpc) is 2.50. The van der Waals surface area contributed by atoms with Gasteiger partial charge in [-0.1, -0.05) is 42.5 Å². The fourth-order valence-corrected chi connectivity index (χ4v) is 2.48. The summed E-state index contributed by atoms with van der Waals surface area (Å²) in [5.41, 5.74) is 1.26. The second kappa shape index (κ2) is 7.84. The average molecular weight is 269 g/mol. The summed E-state index contributed by atoms with van der Waals surface area (Å²) in [6.45, 7) is 8.25. The van der Waals surface area contributed by atoms with Gasteiger partial charge >= 0.3 is 0 Å². The SMILES string of the molecule is CC(C#N)CN1CCN(C/C=C/c2ccccc2)CC1. The molecule has 1 aromatic rings. The Morgan fingerprint density at radius 2 is 1.80 bits per heavy atom. The van der Waals surface area contributed by atoms with E-state index in [0.29, 0.717) is 0 Å². The van der Waals surface area contributed by atoms with Crippen molar-refractivity contribution >= 4 is 6.08 Å². The summed E-state index contributed by atoms with van der Waals surface area (Å²) in [7, 11) is 0. The van der Waals surface area contributed by atoms with E-state index in [1.807, 2.05) is 13.0 Å². The third kappa shape index (κ3) is 4.80. The van der Waals surface area contributed by atoms with E-state index >= 15 is 0 Å². The van der Waals surface area contributed by atoms with E-state index in [2.05, 4.69) is 52.3 Å². The Balaban J connectivity index is 1.70. The lowest BCUT2D eigenvalue weighted by Gasteiger charge is -2.34. The van der Waals surface area contributed by atoms with Crippen LogP contribution in [0.2, 0.25) is 0 Å². The smallest absolute Gasteiger partial charge is 0.0666 e. The zero-order valence-corrected chi connectivity index (χ0v) is 12.2. The maximum absolute atomic E-state index is 8.85. The zero-order valence-electron chi connectivity index (χ0n) is 12.2. The number of benzene rings is 1. The second-order valence-corrected chi connectivity index (χ2v) is 5.44. The lowest BCUT2D eigenvalue weighted by atomic mass is 10.2. The molecular weight excluding hydrogens is 246 g/mol. The van der Waals surface area contributed by atoms with Gasteiger partial charge in [-0.2, -0.15) is 5.26 Å². The molecule has 0 radical (unpaired) electrons. The molecule has 2 rings (SSSR count). The molecule has 106 valence electrons. The van der Waals surface area contributed by atoms with Gasteiger partial charge in [0.05, 0.1) is 12.0 Å². The van der Waals surface area contributed by atoms with Crippen molar-refractivity contribution in [2.75, 3.05) is 39.3 Å². The minimum atomic E-state index is 0.138. The van der Waals surface area contributed by atoms with Crippen LogP contribution >= 0.6 is 0 Å². The fourth-order valence-electron chi connectivity index (χ4n) is 2.48. The van der Waals surface area contributed by atoms with Crippen LogP contribution in [0.4, 0.5) is 0 Å².